The first-order valence-corrected chi connectivity index (χ1v) is 5.46. The Morgan fingerprint density at radius 3 is 3.12 bits per heavy atom. The van der Waals surface area contributed by atoms with Gasteiger partial charge in [0.1, 0.15) is 0 Å². The van der Waals surface area contributed by atoms with Crippen molar-refractivity contribution in [2.45, 2.75) is 13.0 Å². The molecule has 0 bridgehead atoms. The lowest BCUT2D eigenvalue weighted by atomic mass is 9.99. The van der Waals surface area contributed by atoms with Gasteiger partial charge in [0.05, 0.1) is 6.61 Å². The minimum absolute atomic E-state index is 0. The van der Waals surface area contributed by atoms with Gasteiger partial charge in [-0.05, 0) is 30.2 Å². The molecule has 1 heterocycles. The van der Waals surface area contributed by atoms with Crippen molar-refractivity contribution in [1.82, 2.24) is 5.32 Å². The van der Waals surface area contributed by atoms with Crippen LogP contribution in [0.25, 0.3) is 0 Å². The maximum atomic E-state index is 5.03. The summed E-state index contributed by atoms with van der Waals surface area (Å²) in [5.74, 6) is 0. The highest BCUT2D eigenvalue weighted by molar-refractivity contribution is 5.85. The average molecular weight is 243 g/mol. The largest absolute Gasteiger partial charge is 0.383 e. The molecule has 0 unspecified atom stereocenters. The molecule has 1 aliphatic heterocycles. The lowest BCUT2D eigenvalue weighted by molar-refractivity contribution is 0.210. The zero-order valence-corrected chi connectivity index (χ0v) is 10.4. The molecule has 3 nitrogen and oxygen atoms in total. The van der Waals surface area contributed by atoms with Gasteiger partial charge < -0.3 is 15.4 Å². The molecule has 1 aromatic rings. The first kappa shape index (κ1) is 13.3. The van der Waals surface area contributed by atoms with Crippen LogP contribution in [0.1, 0.15) is 11.1 Å². The number of hydrogen-bond acceptors (Lipinski definition) is 3. The van der Waals surface area contributed by atoms with Crippen LogP contribution < -0.4 is 10.6 Å². The SMILES string of the molecule is COCCNc1cccc2c1CNCC2.Cl. The number of fused-ring (bicyclic) bond motifs is 1. The van der Waals surface area contributed by atoms with Crippen LogP contribution in [0.3, 0.4) is 0 Å². The molecule has 0 saturated heterocycles. The molecule has 0 radical (unpaired) electrons. The monoisotopic (exact) mass is 242 g/mol. The Morgan fingerprint density at radius 1 is 1.44 bits per heavy atom. The van der Waals surface area contributed by atoms with Crippen molar-refractivity contribution in [2.24, 2.45) is 0 Å². The van der Waals surface area contributed by atoms with E-state index in [0.717, 1.165) is 32.7 Å². The summed E-state index contributed by atoms with van der Waals surface area (Å²) in [5, 5.41) is 6.81. The maximum Gasteiger partial charge on any atom is 0.0635 e. The summed E-state index contributed by atoms with van der Waals surface area (Å²) >= 11 is 0. The highest BCUT2D eigenvalue weighted by Gasteiger charge is 2.11. The van der Waals surface area contributed by atoms with Crippen LogP contribution in [-0.2, 0) is 17.7 Å². The number of methoxy groups -OCH3 is 1. The quantitative estimate of drug-likeness (QED) is 0.791. The van der Waals surface area contributed by atoms with E-state index in [1.165, 1.54) is 16.8 Å². The van der Waals surface area contributed by atoms with Gasteiger partial charge in [0, 0.05) is 25.9 Å². The van der Waals surface area contributed by atoms with Crippen molar-refractivity contribution >= 4 is 18.1 Å². The Kier molecular flexibility index (Phi) is 5.60. The highest BCUT2D eigenvalue weighted by Crippen LogP contribution is 2.22. The van der Waals surface area contributed by atoms with E-state index in [1.807, 2.05) is 0 Å². The Morgan fingerprint density at radius 2 is 2.31 bits per heavy atom. The van der Waals surface area contributed by atoms with Crippen molar-refractivity contribution in [1.29, 1.82) is 0 Å². The fourth-order valence-electron chi connectivity index (χ4n) is 1.97. The Balaban J connectivity index is 0.00000128. The fraction of sp³-hybridized carbons (Fsp3) is 0.500. The second-order valence-corrected chi connectivity index (χ2v) is 3.79. The fourth-order valence-corrected chi connectivity index (χ4v) is 1.97. The van der Waals surface area contributed by atoms with Crippen LogP contribution in [0.2, 0.25) is 0 Å². The molecule has 1 aliphatic rings. The molecule has 90 valence electrons. The van der Waals surface area contributed by atoms with Gasteiger partial charge in [0.2, 0.25) is 0 Å². The van der Waals surface area contributed by atoms with Crippen molar-refractivity contribution in [3.8, 4) is 0 Å². The lowest BCUT2D eigenvalue weighted by Gasteiger charge is -2.21. The zero-order chi connectivity index (χ0) is 10.5. The van der Waals surface area contributed by atoms with Gasteiger partial charge >= 0.3 is 0 Å². The predicted molar refractivity (Wildman–Crippen MR) is 69.5 cm³/mol. The molecule has 0 fully saturated rings. The minimum atomic E-state index is 0. The van der Waals surface area contributed by atoms with Gasteiger partial charge in [-0.2, -0.15) is 0 Å². The van der Waals surface area contributed by atoms with Gasteiger partial charge in [-0.1, -0.05) is 12.1 Å². The lowest BCUT2D eigenvalue weighted by Crippen LogP contribution is -2.25. The van der Waals surface area contributed by atoms with E-state index in [0.29, 0.717) is 0 Å². The molecule has 4 heteroatoms. The summed E-state index contributed by atoms with van der Waals surface area (Å²) < 4.78 is 5.03. The van der Waals surface area contributed by atoms with E-state index in [2.05, 4.69) is 28.8 Å². The van der Waals surface area contributed by atoms with Crippen molar-refractivity contribution in [3.63, 3.8) is 0 Å². The number of hydrogen-bond donors (Lipinski definition) is 2. The number of nitrogens with one attached hydrogen (secondary N) is 2. The van der Waals surface area contributed by atoms with Crippen LogP contribution >= 0.6 is 12.4 Å². The highest BCUT2D eigenvalue weighted by atomic mass is 35.5. The zero-order valence-electron chi connectivity index (χ0n) is 9.58. The first-order chi connectivity index (χ1) is 7.42. The molecular formula is C12H19ClN2O. The predicted octanol–water partition coefficient (Wildman–Crippen LogP) is 1.81. The van der Waals surface area contributed by atoms with Crippen molar-refractivity contribution in [3.05, 3.63) is 29.3 Å². The maximum absolute atomic E-state index is 5.03. The van der Waals surface area contributed by atoms with Gasteiger partial charge in [0.15, 0.2) is 0 Å². The van der Waals surface area contributed by atoms with Crippen LogP contribution in [0.5, 0.6) is 0 Å². The third-order valence-corrected chi connectivity index (χ3v) is 2.77. The number of anilines is 1. The number of benzene rings is 1. The minimum Gasteiger partial charge on any atom is -0.383 e. The number of ether oxygens (including phenoxy) is 1. The second-order valence-electron chi connectivity index (χ2n) is 3.79. The molecule has 2 rings (SSSR count). The third kappa shape index (κ3) is 3.11. The van der Waals surface area contributed by atoms with Crippen LogP contribution in [0, 0.1) is 0 Å². The molecule has 2 N–H and O–H groups in total. The van der Waals surface area contributed by atoms with E-state index in [1.54, 1.807) is 7.11 Å². The normalized spacial score (nSPS) is 13.8. The summed E-state index contributed by atoms with van der Waals surface area (Å²) in [6, 6.07) is 6.48. The van der Waals surface area contributed by atoms with E-state index >= 15 is 0 Å². The summed E-state index contributed by atoms with van der Waals surface area (Å²) in [7, 11) is 1.73. The standard InChI is InChI=1S/C12H18N2O.ClH/c1-15-8-7-14-12-4-2-3-10-5-6-13-9-11(10)12;/h2-4,13-14H,5-9H2,1H3;1H. The average Bonchev–Trinajstić information content (AvgIpc) is 2.30. The molecule has 0 saturated carbocycles. The van der Waals surface area contributed by atoms with E-state index in [-0.39, 0.29) is 12.4 Å². The van der Waals surface area contributed by atoms with Crippen molar-refractivity contribution < 1.29 is 4.74 Å². The van der Waals surface area contributed by atoms with E-state index < -0.39 is 0 Å². The van der Waals surface area contributed by atoms with Crippen molar-refractivity contribution in [2.75, 3.05) is 32.1 Å². The molecule has 1 aromatic carbocycles. The summed E-state index contributed by atoms with van der Waals surface area (Å²) in [4.78, 5) is 0. The molecule has 0 aliphatic carbocycles. The van der Waals surface area contributed by atoms with Gasteiger partial charge in [-0.3, -0.25) is 0 Å². The molecule has 0 spiro atoms. The smallest absolute Gasteiger partial charge is 0.0635 e. The number of rotatable bonds is 4. The summed E-state index contributed by atoms with van der Waals surface area (Å²) in [6.07, 6.45) is 1.13. The second kappa shape index (κ2) is 6.74. The van der Waals surface area contributed by atoms with Crippen LogP contribution in [0.15, 0.2) is 18.2 Å². The van der Waals surface area contributed by atoms with E-state index in [9.17, 15) is 0 Å². The van der Waals surface area contributed by atoms with Crippen LogP contribution in [0.4, 0.5) is 5.69 Å². The molecule has 0 atom stereocenters. The van der Waals surface area contributed by atoms with Gasteiger partial charge in [-0.15, -0.1) is 12.4 Å². The van der Waals surface area contributed by atoms with E-state index in [4.69, 9.17) is 4.74 Å². The Labute approximate surface area is 103 Å². The first-order valence-electron chi connectivity index (χ1n) is 5.46. The third-order valence-electron chi connectivity index (χ3n) is 2.77. The van der Waals surface area contributed by atoms with Gasteiger partial charge in [-0.25, -0.2) is 0 Å². The van der Waals surface area contributed by atoms with Crippen LogP contribution in [-0.4, -0.2) is 26.8 Å². The molecule has 0 amide bonds. The van der Waals surface area contributed by atoms with Gasteiger partial charge in [0.25, 0.3) is 0 Å². The molecule has 0 aromatic heterocycles. The molecular weight excluding hydrogens is 224 g/mol. The molecule has 16 heavy (non-hydrogen) atoms. The Hall–Kier alpha value is -0.770. The Bertz CT molecular complexity index is 331. The summed E-state index contributed by atoms with van der Waals surface area (Å²) in [6.45, 7) is 3.68. The number of halogens is 1. The summed E-state index contributed by atoms with van der Waals surface area (Å²) in [5.41, 5.74) is 4.13. The topological polar surface area (TPSA) is 33.3 Å².